The summed E-state index contributed by atoms with van der Waals surface area (Å²) in [6.45, 7) is 1.14. The first-order valence-corrected chi connectivity index (χ1v) is 9.59. The van der Waals surface area contributed by atoms with Crippen molar-refractivity contribution in [2.45, 2.75) is 18.0 Å². The van der Waals surface area contributed by atoms with Crippen LogP contribution < -0.4 is 5.56 Å². The number of benzene rings is 2. The van der Waals surface area contributed by atoms with Crippen molar-refractivity contribution in [2.24, 2.45) is 0 Å². The zero-order chi connectivity index (χ0) is 17.9. The largest absolute Gasteiger partial charge is 0.336 e. The Labute approximate surface area is 155 Å². The molecule has 0 bridgehead atoms. The molecule has 2 aromatic carbocycles. The van der Waals surface area contributed by atoms with Crippen LogP contribution in [-0.2, 0) is 13.1 Å². The molecule has 0 unspecified atom stereocenters. The summed E-state index contributed by atoms with van der Waals surface area (Å²) in [4.78, 5) is 18.1. The van der Waals surface area contributed by atoms with Gasteiger partial charge in [0.2, 0.25) is 0 Å². The van der Waals surface area contributed by atoms with Gasteiger partial charge in [-0.25, -0.2) is 9.67 Å². The van der Waals surface area contributed by atoms with Gasteiger partial charge in [-0.05, 0) is 24.5 Å². The van der Waals surface area contributed by atoms with E-state index in [-0.39, 0.29) is 5.56 Å². The van der Waals surface area contributed by atoms with Gasteiger partial charge in [0, 0.05) is 34.8 Å². The van der Waals surface area contributed by atoms with Crippen molar-refractivity contribution in [1.82, 2.24) is 19.3 Å². The molecule has 6 heteroatoms. The van der Waals surface area contributed by atoms with Gasteiger partial charge in [-0.15, -0.1) is 11.8 Å². The smallest absolute Gasteiger partial charge is 0.274 e. The monoisotopic (exact) mass is 362 g/mol. The van der Waals surface area contributed by atoms with Crippen LogP contribution in [0.15, 0.2) is 76.9 Å². The molecule has 2 heterocycles. The van der Waals surface area contributed by atoms with Crippen LogP contribution in [0.25, 0.3) is 22.0 Å². The normalized spacial score (nSPS) is 11.1. The van der Waals surface area contributed by atoms with Crippen molar-refractivity contribution in [3.8, 4) is 11.3 Å². The van der Waals surface area contributed by atoms with Crippen LogP contribution in [0.3, 0.4) is 0 Å². The van der Waals surface area contributed by atoms with Crippen molar-refractivity contribution < 1.29 is 0 Å². The maximum absolute atomic E-state index is 12.8. The Morgan fingerprint density at radius 3 is 2.46 bits per heavy atom. The van der Waals surface area contributed by atoms with Crippen LogP contribution in [0.1, 0.15) is 0 Å². The third kappa shape index (κ3) is 3.15. The van der Waals surface area contributed by atoms with Crippen LogP contribution in [0, 0.1) is 0 Å². The predicted molar refractivity (Wildman–Crippen MR) is 105 cm³/mol. The Bertz CT molecular complexity index is 1090. The molecule has 0 aliphatic heterocycles. The Morgan fingerprint density at radius 1 is 1.00 bits per heavy atom. The lowest BCUT2D eigenvalue weighted by Gasteiger charge is -2.12. The molecular formula is C20H18N4OS. The molecule has 0 saturated carbocycles. The zero-order valence-corrected chi connectivity index (χ0v) is 15.2. The summed E-state index contributed by atoms with van der Waals surface area (Å²) in [6, 6.07) is 15.9. The third-order valence-corrected chi connectivity index (χ3v) is 5.10. The molecule has 0 N–H and O–H groups in total. The fraction of sp³-hybridized carbons (Fsp3) is 0.150. The second kappa shape index (κ2) is 7.17. The van der Waals surface area contributed by atoms with E-state index in [4.69, 9.17) is 0 Å². The number of nitrogens with zero attached hydrogens (tertiary/aromatic N) is 4. The fourth-order valence-corrected chi connectivity index (χ4v) is 3.39. The molecular weight excluding hydrogens is 344 g/mol. The summed E-state index contributed by atoms with van der Waals surface area (Å²) >= 11 is 1.70. The number of aryl methyl sites for hydroxylation is 2. The Kier molecular flexibility index (Phi) is 4.58. The lowest BCUT2D eigenvalue weighted by Crippen LogP contribution is -2.25. The van der Waals surface area contributed by atoms with E-state index in [1.54, 1.807) is 29.0 Å². The maximum atomic E-state index is 12.8. The summed E-state index contributed by atoms with van der Waals surface area (Å²) in [5, 5.41) is 6.26. The fourth-order valence-electron chi connectivity index (χ4n) is 2.98. The lowest BCUT2D eigenvalue weighted by molar-refractivity contribution is 0.516. The molecule has 4 aromatic rings. The van der Waals surface area contributed by atoms with E-state index in [9.17, 15) is 4.79 Å². The highest BCUT2D eigenvalue weighted by Crippen LogP contribution is 2.26. The summed E-state index contributed by atoms with van der Waals surface area (Å²) in [5.74, 6) is 0. The highest BCUT2D eigenvalue weighted by molar-refractivity contribution is 7.98. The van der Waals surface area contributed by atoms with E-state index in [2.05, 4.69) is 40.6 Å². The van der Waals surface area contributed by atoms with Gasteiger partial charge in [0.1, 0.15) is 0 Å². The zero-order valence-electron chi connectivity index (χ0n) is 14.4. The van der Waals surface area contributed by atoms with E-state index in [1.165, 1.54) is 4.90 Å². The number of imidazole rings is 1. The molecule has 0 radical (unpaired) electrons. The summed E-state index contributed by atoms with van der Waals surface area (Å²) < 4.78 is 3.50. The average Bonchev–Trinajstić information content (AvgIpc) is 3.21. The first-order chi connectivity index (χ1) is 12.8. The van der Waals surface area contributed by atoms with E-state index in [0.717, 1.165) is 16.6 Å². The van der Waals surface area contributed by atoms with Crippen molar-refractivity contribution in [3.05, 3.63) is 77.6 Å². The molecule has 2 aromatic heterocycles. The first kappa shape index (κ1) is 16.6. The van der Waals surface area contributed by atoms with Gasteiger partial charge >= 0.3 is 0 Å². The molecule has 5 nitrogen and oxygen atoms in total. The number of hydrogen-bond acceptors (Lipinski definition) is 4. The van der Waals surface area contributed by atoms with Crippen LogP contribution in [0.4, 0.5) is 0 Å². The van der Waals surface area contributed by atoms with Crippen molar-refractivity contribution in [2.75, 3.05) is 6.26 Å². The standard InChI is InChI=1S/C20H18N4OS/c1-26-16-8-6-15(7-9-16)19-17-4-2-3-5-18(17)20(25)24(22-19)13-12-23-11-10-21-14-23/h2-11,14H,12-13H2,1H3. The second-order valence-corrected chi connectivity index (χ2v) is 6.83. The van der Waals surface area contributed by atoms with Gasteiger partial charge < -0.3 is 4.57 Å². The van der Waals surface area contributed by atoms with Gasteiger partial charge in [-0.1, -0.05) is 30.3 Å². The van der Waals surface area contributed by atoms with Crippen LogP contribution in [0.2, 0.25) is 0 Å². The minimum absolute atomic E-state index is 0.0646. The van der Waals surface area contributed by atoms with Crippen molar-refractivity contribution in [3.63, 3.8) is 0 Å². The van der Waals surface area contributed by atoms with E-state index < -0.39 is 0 Å². The molecule has 0 atom stereocenters. The van der Waals surface area contributed by atoms with Gasteiger partial charge in [-0.3, -0.25) is 4.79 Å². The highest BCUT2D eigenvalue weighted by Gasteiger charge is 2.12. The Hall–Kier alpha value is -2.86. The van der Waals surface area contributed by atoms with Crippen LogP contribution >= 0.6 is 11.8 Å². The predicted octanol–water partition coefficient (Wildman–Crippen LogP) is 3.68. The molecule has 4 rings (SSSR count). The SMILES string of the molecule is CSc1ccc(-c2nn(CCn3ccnc3)c(=O)c3ccccc23)cc1. The summed E-state index contributed by atoms with van der Waals surface area (Å²) in [6.07, 6.45) is 7.41. The van der Waals surface area contributed by atoms with Crippen molar-refractivity contribution in [1.29, 1.82) is 0 Å². The van der Waals surface area contributed by atoms with Crippen molar-refractivity contribution >= 4 is 22.5 Å². The number of hydrogen-bond donors (Lipinski definition) is 0. The lowest BCUT2D eigenvalue weighted by atomic mass is 10.1. The molecule has 26 heavy (non-hydrogen) atoms. The average molecular weight is 362 g/mol. The Morgan fingerprint density at radius 2 is 1.77 bits per heavy atom. The summed E-state index contributed by atoms with van der Waals surface area (Å²) in [5.41, 5.74) is 1.78. The number of aromatic nitrogens is 4. The molecule has 0 spiro atoms. The van der Waals surface area contributed by atoms with E-state index >= 15 is 0 Å². The maximum Gasteiger partial charge on any atom is 0.274 e. The van der Waals surface area contributed by atoms with Crippen LogP contribution in [0.5, 0.6) is 0 Å². The van der Waals surface area contributed by atoms with Gasteiger partial charge in [0.05, 0.1) is 24.0 Å². The molecule has 0 amide bonds. The first-order valence-electron chi connectivity index (χ1n) is 8.36. The minimum Gasteiger partial charge on any atom is -0.336 e. The third-order valence-electron chi connectivity index (χ3n) is 4.36. The van der Waals surface area contributed by atoms with E-state index in [0.29, 0.717) is 18.5 Å². The van der Waals surface area contributed by atoms with Gasteiger partial charge in [0.15, 0.2) is 0 Å². The van der Waals surface area contributed by atoms with Gasteiger partial charge in [0.25, 0.3) is 5.56 Å². The van der Waals surface area contributed by atoms with Gasteiger partial charge in [-0.2, -0.15) is 5.10 Å². The molecule has 0 aliphatic carbocycles. The highest BCUT2D eigenvalue weighted by atomic mass is 32.2. The minimum atomic E-state index is -0.0646. The summed E-state index contributed by atoms with van der Waals surface area (Å²) in [7, 11) is 0. The quantitative estimate of drug-likeness (QED) is 0.508. The Balaban J connectivity index is 1.82. The topological polar surface area (TPSA) is 52.7 Å². The molecule has 130 valence electrons. The second-order valence-electron chi connectivity index (χ2n) is 5.95. The molecule has 0 aliphatic rings. The molecule has 0 fully saturated rings. The number of fused-ring (bicyclic) bond motifs is 1. The number of rotatable bonds is 5. The van der Waals surface area contributed by atoms with E-state index in [1.807, 2.05) is 35.0 Å². The molecule has 0 saturated heterocycles. The number of thioether (sulfide) groups is 1. The van der Waals surface area contributed by atoms with Crippen LogP contribution in [-0.4, -0.2) is 25.6 Å².